The van der Waals surface area contributed by atoms with Crippen LogP contribution in [-0.2, 0) is 14.3 Å². The van der Waals surface area contributed by atoms with Crippen LogP contribution in [0, 0.1) is 0 Å². The summed E-state index contributed by atoms with van der Waals surface area (Å²) in [6.07, 6.45) is -0.340. The zero-order chi connectivity index (χ0) is 11.0. The molecule has 2 fully saturated rings. The quantitative estimate of drug-likeness (QED) is 0.617. The van der Waals surface area contributed by atoms with Crippen molar-refractivity contribution in [3.63, 3.8) is 0 Å². The molecule has 0 spiro atoms. The predicted molar refractivity (Wildman–Crippen MR) is 50.1 cm³/mol. The second-order valence-corrected chi connectivity index (χ2v) is 3.92. The van der Waals surface area contributed by atoms with Gasteiger partial charge >= 0.3 is 5.97 Å². The van der Waals surface area contributed by atoms with Crippen molar-refractivity contribution in [1.82, 2.24) is 10.2 Å². The smallest absolute Gasteiger partial charge is 0.305 e. The first kappa shape index (κ1) is 10.4. The average molecular weight is 214 g/mol. The average Bonchev–Trinajstić information content (AvgIpc) is 2.55. The summed E-state index contributed by atoms with van der Waals surface area (Å²) in [4.78, 5) is 24.0. The van der Waals surface area contributed by atoms with Crippen LogP contribution in [0.4, 0.5) is 0 Å². The maximum atomic E-state index is 11.8. The van der Waals surface area contributed by atoms with Crippen molar-refractivity contribution in [2.45, 2.75) is 31.7 Å². The first-order chi connectivity index (χ1) is 7.09. The maximum Gasteiger partial charge on any atom is 0.305 e. The number of aliphatic carboxylic acids is 1. The molecule has 2 heterocycles. The molecule has 84 valence electrons. The van der Waals surface area contributed by atoms with Crippen LogP contribution in [0.15, 0.2) is 0 Å². The van der Waals surface area contributed by atoms with Crippen LogP contribution in [0.1, 0.15) is 13.3 Å². The van der Waals surface area contributed by atoms with E-state index >= 15 is 0 Å². The molecule has 3 atom stereocenters. The number of ether oxygens (including phenoxy) is 1. The summed E-state index contributed by atoms with van der Waals surface area (Å²) in [5, 5.41) is 11.7. The number of amides is 1. The maximum absolute atomic E-state index is 11.8. The molecule has 6 nitrogen and oxygen atoms in total. The highest BCUT2D eigenvalue weighted by Crippen LogP contribution is 2.23. The molecule has 0 aromatic heterocycles. The van der Waals surface area contributed by atoms with E-state index in [4.69, 9.17) is 9.84 Å². The highest BCUT2D eigenvalue weighted by molar-refractivity contribution is 5.83. The van der Waals surface area contributed by atoms with E-state index in [0.717, 1.165) is 0 Å². The van der Waals surface area contributed by atoms with E-state index in [1.807, 2.05) is 0 Å². The molecule has 2 aliphatic rings. The molecule has 1 unspecified atom stereocenters. The molecule has 0 aromatic rings. The molecule has 1 amide bonds. The van der Waals surface area contributed by atoms with Crippen LogP contribution in [0.3, 0.4) is 0 Å². The highest BCUT2D eigenvalue weighted by atomic mass is 16.5. The van der Waals surface area contributed by atoms with Gasteiger partial charge < -0.3 is 20.1 Å². The second-order valence-electron chi connectivity index (χ2n) is 3.92. The first-order valence-electron chi connectivity index (χ1n) is 4.98. The number of carboxylic acids is 1. The van der Waals surface area contributed by atoms with Crippen LogP contribution in [0.2, 0.25) is 0 Å². The molecule has 0 radical (unpaired) electrons. The highest BCUT2D eigenvalue weighted by Gasteiger charge is 2.43. The van der Waals surface area contributed by atoms with Gasteiger partial charge in [0.1, 0.15) is 6.23 Å². The fraction of sp³-hybridized carbons (Fsp3) is 0.778. The van der Waals surface area contributed by atoms with Crippen LogP contribution in [-0.4, -0.2) is 53.3 Å². The summed E-state index contributed by atoms with van der Waals surface area (Å²) in [5.41, 5.74) is 0. The van der Waals surface area contributed by atoms with Crippen molar-refractivity contribution in [2.24, 2.45) is 0 Å². The molecule has 0 aliphatic carbocycles. The van der Waals surface area contributed by atoms with Gasteiger partial charge in [-0.1, -0.05) is 0 Å². The Labute approximate surface area is 87.2 Å². The number of piperazine rings is 1. The van der Waals surface area contributed by atoms with Gasteiger partial charge in [0.05, 0.1) is 25.1 Å². The Bertz CT molecular complexity index is 294. The van der Waals surface area contributed by atoms with Crippen molar-refractivity contribution in [3.05, 3.63) is 0 Å². The third kappa shape index (κ3) is 1.82. The Morgan fingerprint density at radius 3 is 3.13 bits per heavy atom. The van der Waals surface area contributed by atoms with E-state index < -0.39 is 5.97 Å². The lowest BCUT2D eigenvalue weighted by molar-refractivity contribution is -0.145. The van der Waals surface area contributed by atoms with Gasteiger partial charge in [0.2, 0.25) is 5.91 Å². The Morgan fingerprint density at radius 1 is 1.73 bits per heavy atom. The van der Waals surface area contributed by atoms with Gasteiger partial charge in [-0.15, -0.1) is 0 Å². The number of carbonyl (C=O) groups excluding carboxylic acids is 1. The fourth-order valence-electron chi connectivity index (χ4n) is 2.04. The predicted octanol–water partition coefficient (Wildman–Crippen LogP) is -0.994. The molecule has 0 aromatic carbocycles. The monoisotopic (exact) mass is 214 g/mol. The zero-order valence-corrected chi connectivity index (χ0v) is 8.47. The van der Waals surface area contributed by atoms with Gasteiger partial charge in [-0.2, -0.15) is 0 Å². The van der Waals surface area contributed by atoms with E-state index in [-0.39, 0.29) is 30.6 Å². The van der Waals surface area contributed by atoms with E-state index in [1.54, 1.807) is 11.8 Å². The number of carboxylic acid groups (broad SMARTS) is 1. The van der Waals surface area contributed by atoms with Gasteiger partial charge in [0.15, 0.2) is 0 Å². The number of fused-ring (bicyclic) bond motifs is 1. The van der Waals surface area contributed by atoms with E-state index in [1.165, 1.54) is 0 Å². The molecule has 0 saturated carbocycles. The zero-order valence-electron chi connectivity index (χ0n) is 8.47. The summed E-state index contributed by atoms with van der Waals surface area (Å²) in [5.74, 6) is -0.974. The van der Waals surface area contributed by atoms with Crippen molar-refractivity contribution in [2.75, 3.05) is 13.2 Å². The minimum absolute atomic E-state index is 0.0467. The second kappa shape index (κ2) is 3.79. The van der Waals surface area contributed by atoms with Crippen molar-refractivity contribution in [3.8, 4) is 0 Å². The van der Waals surface area contributed by atoms with Gasteiger partial charge in [0, 0.05) is 6.54 Å². The number of rotatable bonds is 2. The first-order valence-corrected chi connectivity index (χ1v) is 4.98. The molecule has 15 heavy (non-hydrogen) atoms. The summed E-state index contributed by atoms with van der Waals surface area (Å²) in [6.45, 7) is 2.66. The molecule has 0 bridgehead atoms. The summed E-state index contributed by atoms with van der Waals surface area (Å²) in [6, 6.07) is -0.566. The topological polar surface area (TPSA) is 78.9 Å². The van der Waals surface area contributed by atoms with Crippen LogP contribution < -0.4 is 5.32 Å². The number of carbonyl (C=O) groups is 2. The minimum atomic E-state index is -0.900. The summed E-state index contributed by atoms with van der Waals surface area (Å²) >= 11 is 0. The van der Waals surface area contributed by atoms with Crippen molar-refractivity contribution < 1.29 is 19.4 Å². The lowest BCUT2D eigenvalue weighted by Crippen LogP contribution is -2.59. The van der Waals surface area contributed by atoms with E-state index in [0.29, 0.717) is 13.2 Å². The molecule has 2 rings (SSSR count). The van der Waals surface area contributed by atoms with Gasteiger partial charge in [-0.3, -0.25) is 9.59 Å². The number of hydrogen-bond donors (Lipinski definition) is 2. The minimum Gasteiger partial charge on any atom is -0.481 e. The van der Waals surface area contributed by atoms with Crippen LogP contribution in [0.25, 0.3) is 0 Å². The Kier molecular flexibility index (Phi) is 2.62. The van der Waals surface area contributed by atoms with Crippen molar-refractivity contribution >= 4 is 11.9 Å². The third-order valence-corrected chi connectivity index (χ3v) is 2.82. The largest absolute Gasteiger partial charge is 0.481 e. The SMILES string of the molecule is C[C@@H]1NCC2OC[C@H](CC(=O)O)N2C1=O. The number of nitrogens with zero attached hydrogens (tertiary/aromatic N) is 1. The molecular formula is C9H14N2O4. The standard InChI is InChI=1S/C9H14N2O4/c1-5-9(14)11-6(2-8(12)13)4-15-7(11)3-10-5/h5-7,10H,2-4H2,1H3,(H,12,13)/t5-,6-,7?/m0/s1. The molecule has 6 heteroatoms. The molecule has 2 saturated heterocycles. The van der Waals surface area contributed by atoms with Crippen molar-refractivity contribution in [1.29, 1.82) is 0 Å². The Hall–Kier alpha value is -1.14. The molecular weight excluding hydrogens is 200 g/mol. The number of nitrogens with one attached hydrogen (secondary N) is 1. The molecule has 2 aliphatic heterocycles. The lowest BCUT2D eigenvalue weighted by Gasteiger charge is -2.35. The molecule has 2 N–H and O–H groups in total. The summed E-state index contributed by atoms with van der Waals surface area (Å²) in [7, 11) is 0. The third-order valence-electron chi connectivity index (χ3n) is 2.82. The Morgan fingerprint density at radius 2 is 2.47 bits per heavy atom. The number of hydrogen-bond acceptors (Lipinski definition) is 4. The summed E-state index contributed by atoms with van der Waals surface area (Å²) < 4.78 is 5.37. The van der Waals surface area contributed by atoms with Crippen LogP contribution in [0.5, 0.6) is 0 Å². The fourth-order valence-corrected chi connectivity index (χ4v) is 2.04. The normalized spacial score (nSPS) is 35.4. The van der Waals surface area contributed by atoms with E-state index in [9.17, 15) is 9.59 Å². The Balaban J connectivity index is 2.10. The van der Waals surface area contributed by atoms with Crippen LogP contribution >= 0.6 is 0 Å². The van der Waals surface area contributed by atoms with Gasteiger partial charge in [-0.25, -0.2) is 0 Å². The lowest BCUT2D eigenvalue weighted by atomic mass is 10.1. The van der Waals surface area contributed by atoms with Gasteiger partial charge in [-0.05, 0) is 6.92 Å². The van der Waals surface area contributed by atoms with E-state index in [2.05, 4.69) is 5.32 Å². The van der Waals surface area contributed by atoms with Gasteiger partial charge in [0.25, 0.3) is 0 Å².